The number of fused-ring (bicyclic) bond motifs is 3. The van der Waals surface area contributed by atoms with Gasteiger partial charge in [0.1, 0.15) is 11.9 Å². The summed E-state index contributed by atoms with van der Waals surface area (Å²) in [5, 5.41) is 1.96. The standard InChI is InChI=1S/C17H13N3.BrH/c1-2-7-14(8-3-1)16-12-18-17-15-9-5-4-6-13(15)10-11-20(17)19-16;/h1-12,19H;1H/q+1;/p-1. The van der Waals surface area contributed by atoms with Crippen molar-refractivity contribution >= 4 is 17.6 Å². The van der Waals surface area contributed by atoms with Crippen molar-refractivity contribution in [2.24, 2.45) is 0 Å². The van der Waals surface area contributed by atoms with Crippen LogP contribution in [0.4, 0.5) is 0 Å². The summed E-state index contributed by atoms with van der Waals surface area (Å²) in [4.78, 5) is 4.62. The quantitative estimate of drug-likeness (QED) is 0.765. The third-order valence-corrected chi connectivity index (χ3v) is 3.47. The minimum atomic E-state index is 0. The van der Waals surface area contributed by atoms with E-state index in [2.05, 4.69) is 40.8 Å². The fourth-order valence-corrected chi connectivity index (χ4v) is 2.46. The molecule has 21 heavy (non-hydrogen) atoms. The maximum absolute atomic E-state index is 4.62. The fraction of sp³-hybridized carbons (Fsp3) is 0. The zero-order chi connectivity index (χ0) is 13.4. The molecule has 0 fully saturated rings. The molecule has 0 amide bonds. The van der Waals surface area contributed by atoms with Gasteiger partial charge in [0.15, 0.2) is 6.20 Å². The largest absolute Gasteiger partial charge is 1.00 e. The van der Waals surface area contributed by atoms with Crippen molar-refractivity contribution in [2.75, 3.05) is 0 Å². The van der Waals surface area contributed by atoms with Crippen LogP contribution in [-0.4, -0.2) is 10.8 Å². The average Bonchev–Trinajstić information content (AvgIpc) is 2.55. The van der Waals surface area contributed by atoms with Gasteiger partial charge < -0.3 is 17.0 Å². The first-order valence-corrected chi connectivity index (χ1v) is 6.59. The molecule has 0 aromatic heterocycles. The number of amidine groups is 1. The van der Waals surface area contributed by atoms with E-state index in [0.29, 0.717) is 0 Å². The number of benzene rings is 2. The van der Waals surface area contributed by atoms with Gasteiger partial charge in [0, 0.05) is 5.56 Å². The highest BCUT2D eigenvalue weighted by Crippen LogP contribution is 2.21. The van der Waals surface area contributed by atoms with Crippen LogP contribution >= 0.6 is 0 Å². The molecule has 2 heterocycles. The molecule has 4 heteroatoms. The molecule has 0 unspecified atom stereocenters. The van der Waals surface area contributed by atoms with Gasteiger partial charge in [-0.2, -0.15) is 0 Å². The normalized spacial score (nSPS) is 15.0. The summed E-state index contributed by atoms with van der Waals surface area (Å²) in [5.74, 6) is 0.933. The van der Waals surface area contributed by atoms with Gasteiger partial charge in [-0.25, -0.2) is 5.43 Å². The third kappa shape index (κ3) is 2.38. The summed E-state index contributed by atoms with van der Waals surface area (Å²) in [7, 11) is 0. The van der Waals surface area contributed by atoms with Crippen LogP contribution in [0.5, 0.6) is 0 Å². The van der Waals surface area contributed by atoms with Gasteiger partial charge >= 0.3 is 5.84 Å². The van der Waals surface area contributed by atoms with Crippen LogP contribution in [0.1, 0.15) is 16.7 Å². The molecule has 103 valence electrons. The minimum absolute atomic E-state index is 0. The topological polar surface area (TPSA) is 29.4 Å². The Labute approximate surface area is 134 Å². The summed E-state index contributed by atoms with van der Waals surface area (Å²) in [6, 6.07) is 18.5. The number of nitrogens with one attached hydrogen (secondary N) is 1. The summed E-state index contributed by atoms with van der Waals surface area (Å²) in [6.45, 7) is 0. The van der Waals surface area contributed by atoms with Crippen molar-refractivity contribution in [3.63, 3.8) is 0 Å². The molecule has 0 aliphatic carbocycles. The van der Waals surface area contributed by atoms with Crippen LogP contribution in [-0.2, 0) is 0 Å². The highest BCUT2D eigenvalue weighted by Gasteiger charge is 2.31. The van der Waals surface area contributed by atoms with Crippen LogP contribution in [0.25, 0.3) is 11.8 Å². The summed E-state index contributed by atoms with van der Waals surface area (Å²) in [5.41, 5.74) is 7.85. The molecule has 0 bridgehead atoms. The van der Waals surface area contributed by atoms with Gasteiger partial charge in [0.25, 0.3) is 0 Å². The van der Waals surface area contributed by atoms with E-state index in [-0.39, 0.29) is 17.0 Å². The Morgan fingerprint density at radius 3 is 2.52 bits per heavy atom. The Kier molecular flexibility index (Phi) is 3.62. The first-order chi connectivity index (χ1) is 9.92. The molecule has 1 radical (unpaired) electrons. The van der Waals surface area contributed by atoms with Crippen molar-refractivity contribution in [1.82, 2.24) is 15.4 Å². The van der Waals surface area contributed by atoms with Crippen molar-refractivity contribution in [2.45, 2.75) is 0 Å². The first kappa shape index (κ1) is 13.6. The Morgan fingerprint density at radius 2 is 1.67 bits per heavy atom. The Hall–Kier alpha value is -2.33. The summed E-state index contributed by atoms with van der Waals surface area (Å²) >= 11 is 0. The number of hydrogen-bond acceptors (Lipinski definition) is 3. The van der Waals surface area contributed by atoms with Crippen LogP contribution in [0.15, 0.2) is 67.0 Å². The van der Waals surface area contributed by atoms with Crippen molar-refractivity contribution in [1.29, 1.82) is 0 Å². The van der Waals surface area contributed by atoms with E-state index in [4.69, 9.17) is 0 Å². The lowest BCUT2D eigenvalue weighted by atomic mass is 10.0. The molecule has 0 atom stereocenters. The first-order valence-electron chi connectivity index (χ1n) is 6.59. The summed E-state index contributed by atoms with van der Waals surface area (Å²) in [6.07, 6.45) is 5.99. The number of rotatable bonds is 1. The molecular formula is C17H13BrN3. The van der Waals surface area contributed by atoms with Gasteiger partial charge in [0.05, 0.1) is 5.56 Å². The predicted molar refractivity (Wildman–Crippen MR) is 81.1 cm³/mol. The van der Waals surface area contributed by atoms with Crippen LogP contribution in [0, 0.1) is 0 Å². The zero-order valence-electron chi connectivity index (χ0n) is 11.2. The number of hydrogen-bond donors (Lipinski definition) is 1. The third-order valence-electron chi connectivity index (χ3n) is 3.47. The molecular weight excluding hydrogens is 326 g/mol. The molecule has 2 aliphatic rings. The van der Waals surface area contributed by atoms with E-state index in [1.165, 1.54) is 5.56 Å². The molecule has 0 saturated heterocycles. The Balaban J connectivity index is 0.00000132. The van der Waals surface area contributed by atoms with Crippen LogP contribution in [0.2, 0.25) is 0 Å². The Morgan fingerprint density at radius 1 is 0.905 bits per heavy atom. The second-order valence-corrected chi connectivity index (χ2v) is 4.75. The van der Waals surface area contributed by atoms with E-state index < -0.39 is 0 Å². The molecule has 2 aromatic carbocycles. The van der Waals surface area contributed by atoms with Crippen molar-refractivity contribution in [3.05, 3.63) is 83.7 Å². The highest BCUT2D eigenvalue weighted by molar-refractivity contribution is 6.05. The number of hydrazine groups is 1. The van der Waals surface area contributed by atoms with E-state index in [0.717, 1.165) is 22.7 Å². The predicted octanol–water partition coefficient (Wildman–Crippen LogP) is -0.424. The van der Waals surface area contributed by atoms with Gasteiger partial charge in [-0.3, -0.25) is 0 Å². The average molecular weight is 339 g/mol. The van der Waals surface area contributed by atoms with Crippen molar-refractivity contribution < 1.29 is 17.0 Å². The van der Waals surface area contributed by atoms with E-state index in [9.17, 15) is 0 Å². The van der Waals surface area contributed by atoms with E-state index >= 15 is 0 Å². The molecule has 4 rings (SSSR count). The lowest BCUT2D eigenvalue weighted by Gasteiger charge is -2.22. The number of halogens is 1. The summed E-state index contributed by atoms with van der Waals surface area (Å²) < 4.78 is 0. The smallest absolute Gasteiger partial charge is 0.354 e. The van der Waals surface area contributed by atoms with Gasteiger partial charge in [-0.05, 0) is 22.7 Å². The SMILES string of the molecule is C1=CN2NC(c3ccccc3)=C[N+]=C2c2ccccc21.[Br-]. The number of aliphatic imine (C=N–C) groups is 1. The van der Waals surface area contributed by atoms with Gasteiger partial charge in [-0.15, -0.1) is 5.01 Å². The van der Waals surface area contributed by atoms with Gasteiger partial charge in [-0.1, -0.05) is 48.5 Å². The minimum Gasteiger partial charge on any atom is -1.00 e. The maximum atomic E-state index is 4.62. The van der Waals surface area contributed by atoms with Gasteiger partial charge in [0.2, 0.25) is 0 Å². The maximum Gasteiger partial charge on any atom is 0.354 e. The van der Waals surface area contributed by atoms with Crippen LogP contribution in [0.3, 0.4) is 0 Å². The second kappa shape index (κ2) is 5.58. The fourth-order valence-electron chi connectivity index (χ4n) is 2.46. The monoisotopic (exact) mass is 338 g/mol. The zero-order valence-corrected chi connectivity index (χ0v) is 12.8. The Bertz CT molecular complexity index is 748. The lowest BCUT2D eigenvalue weighted by Crippen LogP contribution is -3.00. The number of nitrogens with zero attached hydrogens (tertiary/aromatic N) is 2. The molecule has 3 nitrogen and oxygen atoms in total. The van der Waals surface area contributed by atoms with Crippen LogP contribution < -0.4 is 27.4 Å². The van der Waals surface area contributed by atoms with E-state index in [1.807, 2.05) is 47.7 Å². The molecule has 2 aliphatic heterocycles. The lowest BCUT2D eigenvalue weighted by molar-refractivity contribution is -0.00000390. The molecule has 1 N–H and O–H groups in total. The second-order valence-electron chi connectivity index (χ2n) is 4.75. The molecule has 0 saturated carbocycles. The van der Waals surface area contributed by atoms with Crippen molar-refractivity contribution in [3.8, 4) is 0 Å². The highest BCUT2D eigenvalue weighted by atomic mass is 79.9. The molecule has 0 spiro atoms. The molecule has 2 aromatic rings. The van der Waals surface area contributed by atoms with E-state index in [1.54, 1.807) is 0 Å².